The predicted octanol–water partition coefficient (Wildman–Crippen LogP) is 1.34. The van der Waals surface area contributed by atoms with Crippen molar-refractivity contribution in [3.63, 3.8) is 0 Å². The molecule has 118 valence electrons. The third kappa shape index (κ3) is 4.94. The van der Waals surface area contributed by atoms with E-state index in [4.69, 9.17) is 14.0 Å². The Morgan fingerprint density at radius 3 is 2.29 bits per heavy atom. The molecule has 1 N–H and O–H groups in total. The minimum Gasteiger partial charge on any atom is -0.493 e. The number of benzene rings is 1. The Morgan fingerprint density at radius 2 is 1.81 bits per heavy atom. The van der Waals surface area contributed by atoms with Gasteiger partial charge in [-0.15, -0.1) is 0 Å². The molecule has 21 heavy (non-hydrogen) atoms. The molecule has 1 rings (SSSR count). The van der Waals surface area contributed by atoms with Gasteiger partial charge in [0.25, 0.3) is 10.1 Å². The fourth-order valence-electron chi connectivity index (χ4n) is 1.62. The number of alkyl halides is 2. The van der Waals surface area contributed by atoms with E-state index in [2.05, 4.69) is 0 Å². The molecule has 0 aromatic heterocycles. The molecule has 0 aliphatic heterocycles. The highest BCUT2D eigenvalue weighted by atomic mass is 32.2. The van der Waals surface area contributed by atoms with Crippen LogP contribution in [0, 0.1) is 0 Å². The molecule has 1 aromatic carbocycles. The van der Waals surface area contributed by atoms with Crippen LogP contribution in [-0.2, 0) is 21.3 Å². The van der Waals surface area contributed by atoms with E-state index in [1.54, 1.807) is 0 Å². The van der Waals surface area contributed by atoms with Crippen LogP contribution in [0.15, 0.2) is 18.2 Å². The lowest BCUT2D eigenvalue weighted by Gasteiger charge is -2.15. The number of carbonyl (C=O) groups is 1. The molecule has 0 aliphatic rings. The monoisotopic (exact) mass is 324 g/mol. The summed E-state index contributed by atoms with van der Waals surface area (Å²) >= 11 is 0. The van der Waals surface area contributed by atoms with Crippen molar-refractivity contribution in [3.8, 4) is 11.5 Å². The van der Waals surface area contributed by atoms with Crippen LogP contribution >= 0.6 is 0 Å². The van der Waals surface area contributed by atoms with E-state index in [1.165, 1.54) is 32.4 Å². The molecule has 0 saturated carbocycles. The summed E-state index contributed by atoms with van der Waals surface area (Å²) in [6.07, 6.45) is -1.01. The highest BCUT2D eigenvalue weighted by Crippen LogP contribution is 2.30. The summed E-state index contributed by atoms with van der Waals surface area (Å²) in [5.74, 6) is -6.90. The van der Waals surface area contributed by atoms with E-state index in [9.17, 15) is 22.0 Å². The number of Topliss-reactive ketones (excluding diaryl/α,β-unsaturated/α-hetero) is 1. The first-order chi connectivity index (χ1) is 9.59. The third-order valence-corrected chi connectivity index (χ3v) is 3.22. The molecular formula is C12H14F2O6S. The molecule has 0 radical (unpaired) electrons. The molecule has 0 amide bonds. The topological polar surface area (TPSA) is 89.9 Å². The van der Waals surface area contributed by atoms with Gasteiger partial charge in [-0.25, -0.2) is 0 Å². The largest absolute Gasteiger partial charge is 0.493 e. The molecule has 1 aromatic rings. The highest BCUT2D eigenvalue weighted by Gasteiger charge is 2.40. The molecule has 9 heteroatoms. The van der Waals surface area contributed by atoms with E-state index in [0.29, 0.717) is 5.75 Å². The number of carbonyl (C=O) groups excluding carboxylic acids is 1. The van der Waals surface area contributed by atoms with Gasteiger partial charge >= 0.3 is 5.92 Å². The van der Waals surface area contributed by atoms with Crippen LogP contribution in [0.5, 0.6) is 11.5 Å². The van der Waals surface area contributed by atoms with Crippen LogP contribution in [0.1, 0.15) is 5.56 Å². The van der Waals surface area contributed by atoms with E-state index in [-0.39, 0.29) is 11.3 Å². The lowest BCUT2D eigenvalue weighted by atomic mass is 10.0. The zero-order valence-corrected chi connectivity index (χ0v) is 12.1. The summed E-state index contributed by atoms with van der Waals surface area (Å²) in [6.45, 7) is 0. The molecule has 0 aliphatic carbocycles. The Labute approximate surface area is 120 Å². The van der Waals surface area contributed by atoms with Gasteiger partial charge in [0.05, 0.1) is 14.2 Å². The summed E-state index contributed by atoms with van der Waals surface area (Å²) < 4.78 is 66.6. The van der Waals surface area contributed by atoms with Crippen LogP contribution in [0.4, 0.5) is 8.78 Å². The second-order valence-corrected chi connectivity index (χ2v) is 5.67. The van der Waals surface area contributed by atoms with Gasteiger partial charge in [-0.3, -0.25) is 9.35 Å². The molecule has 0 unspecified atom stereocenters. The Kier molecular flexibility index (Phi) is 5.24. The lowest BCUT2D eigenvalue weighted by Crippen LogP contribution is -2.36. The first-order valence-corrected chi connectivity index (χ1v) is 7.27. The summed E-state index contributed by atoms with van der Waals surface area (Å²) in [5.41, 5.74) is 0.0568. The maximum Gasteiger partial charge on any atom is 0.310 e. The number of rotatable bonds is 7. The van der Waals surface area contributed by atoms with Gasteiger partial charge in [0, 0.05) is 6.42 Å². The fourth-order valence-corrected chi connectivity index (χ4v) is 2.16. The smallest absolute Gasteiger partial charge is 0.310 e. The van der Waals surface area contributed by atoms with Crippen LogP contribution < -0.4 is 9.47 Å². The van der Waals surface area contributed by atoms with E-state index < -0.39 is 34.0 Å². The molecule has 0 spiro atoms. The van der Waals surface area contributed by atoms with Crippen molar-refractivity contribution in [2.75, 3.05) is 20.0 Å². The van der Waals surface area contributed by atoms with Gasteiger partial charge in [0.2, 0.25) is 5.78 Å². The van der Waals surface area contributed by atoms with Crippen LogP contribution in [-0.4, -0.2) is 44.6 Å². The maximum absolute atomic E-state index is 13.7. The van der Waals surface area contributed by atoms with Crippen molar-refractivity contribution in [3.05, 3.63) is 23.8 Å². The number of hydrogen-bond acceptors (Lipinski definition) is 5. The SMILES string of the molecule is COc1ccc(CC(F)(F)C(=O)CS(=O)(=O)O)cc1OC. The quantitative estimate of drug-likeness (QED) is 0.761. The number of halogens is 2. The summed E-state index contributed by atoms with van der Waals surface area (Å²) in [5, 5.41) is 0. The standard InChI is InChI=1S/C12H14F2O6S/c1-19-9-4-3-8(5-10(9)20-2)6-12(13,14)11(15)7-21(16,17)18/h3-5H,6-7H2,1-2H3,(H,16,17,18). The van der Waals surface area contributed by atoms with Crippen molar-refractivity contribution in [2.24, 2.45) is 0 Å². The fraction of sp³-hybridized carbons (Fsp3) is 0.417. The summed E-state index contributed by atoms with van der Waals surface area (Å²) in [7, 11) is -2.10. The zero-order chi connectivity index (χ0) is 16.3. The van der Waals surface area contributed by atoms with Gasteiger partial charge in [-0.1, -0.05) is 6.07 Å². The molecule has 6 nitrogen and oxygen atoms in total. The first-order valence-electron chi connectivity index (χ1n) is 5.66. The third-order valence-electron chi connectivity index (χ3n) is 2.60. The Balaban J connectivity index is 2.96. The van der Waals surface area contributed by atoms with Gasteiger partial charge in [0.15, 0.2) is 11.5 Å². The van der Waals surface area contributed by atoms with Crippen molar-refractivity contribution < 1.29 is 36.0 Å². The molecular weight excluding hydrogens is 310 g/mol. The number of ketones is 1. The molecule has 0 atom stereocenters. The minimum absolute atomic E-state index is 0.0568. The predicted molar refractivity (Wildman–Crippen MR) is 69.6 cm³/mol. The highest BCUT2D eigenvalue weighted by molar-refractivity contribution is 7.86. The van der Waals surface area contributed by atoms with Crippen LogP contribution in [0.25, 0.3) is 0 Å². The Bertz CT molecular complexity index is 627. The minimum atomic E-state index is -4.80. The van der Waals surface area contributed by atoms with Gasteiger partial charge in [-0.05, 0) is 17.7 Å². The zero-order valence-electron chi connectivity index (χ0n) is 11.3. The van der Waals surface area contributed by atoms with Crippen LogP contribution in [0.2, 0.25) is 0 Å². The normalized spacial score (nSPS) is 12.0. The second kappa shape index (κ2) is 6.35. The Morgan fingerprint density at radius 1 is 1.24 bits per heavy atom. The lowest BCUT2D eigenvalue weighted by molar-refractivity contribution is -0.140. The molecule has 0 heterocycles. The molecule has 0 saturated heterocycles. The molecule has 0 fully saturated rings. The number of ether oxygens (including phenoxy) is 2. The average Bonchev–Trinajstić information content (AvgIpc) is 2.36. The van der Waals surface area contributed by atoms with Crippen molar-refractivity contribution >= 4 is 15.9 Å². The van der Waals surface area contributed by atoms with Crippen molar-refractivity contribution in [1.29, 1.82) is 0 Å². The second-order valence-electron chi connectivity index (χ2n) is 4.22. The molecule has 0 bridgehead atoms. The van der Waals surface area contributed by atoms with Crippen molar-refractivity contribution in [2.45, 2.75) is 12.3 Å². The number of hydrogen-bond donors (Lipinski definition) is 1. The van der Waals surface area contributed by atoms with Gasteiger partial charge in [0.1, 0.15) is 5.75 Å². The maximum atomic E-state index is 13.7. The average molecular weight is 324 g/mol. The first kappa shape index (κ1) is 17.3. The van der Waals surface area contributed by atoms with Gasteiger partial charge < -0.3 is 9.47 Å². The van der Waals surface area contributed by atoms with E-state index >= 15 is 0 Å². The van der Waals surface area contributed by atoms with Gasteiger partial charge in [-0.2, -0.15) is 17.2 Å². The van der Waals surface area contributed by atoms with Crippen molar-refractivity contribution in [1.82, 2.24) is 0 Å². The number of methoxy groups -OCH3 is 2. The summed E-state index contributed by atoms with van der Waals surface area (Å²) in [6, 6.07) is 3.95. The van der Waals surface area contributed by atoms with E-state index in [0.717, 1.165) is 0 Å². The summed E-state index contributed by atoms with van der Waals surface area (Å²) in [4.78, 5) is 11.2. The Hall–Kier alpha value is -1.74. The van der Waals surface area contributed by atoms with Crippen LogP contribution in [0.3, 0.4) is 0 Å². The van der Waals surface area contributed by atoms with E-state index in [1.807, 2.05) is 0 Å².